The Morgan fingerprint density at radius 1 is 1.14 bits per heavy atom. The number of nitrogens with two attached hydrogens (primary N) is 1. The standard InChI is InChI=1S/C20H29FN6.HI/c1-15-19(16(2)25(3)24-15)5-4-10-23-20(22)27-13-11-26(12-14-27)18-8-6-17(21)7-9-18;/h6-9H,4-5,10-14H2,1-3H3,(H2,22,23);1H. The van der Waals surface area contributed by atoms with E-state index in [1.165, 1.54) is 23.4 Å². The van der Waals surface area contributed by atoms with E-state index in [2.05, 4.69) is 33.7 Å². The van der Waals surface area contributed by atoms with E-state index in [-0.39, 0.29) is 29.8 Å². The second-order valence-electron chi connectivity index (χ2n) is 7.07. The molecule has 1 saturated heterocycles. The molecule has 2 aromatic rings. The molecule has 0 unspecified atom stereocenters. The monoisotopic (exact) mass is 500 g/mol. The summed E-state index contributed by atoms with van der Waals surface area (Å²) in [7, 11) is 1.98. The van der Waals surface area contributed by atoms with Crippen LogP contribution in [-0.4, -0.2) is 53.4 Å². The molecule has 0 bridgehead atoms. The molecule has 0 atom stereocenters. The van der Waals surface area contributed by atoms with Crippen molar-refractivity contribution in [2.45, 2.75) is 26.7 Å². The predicted molar refractivity (Wildman–Crippen MR) is 123 cm³/mol. The Bertz CT molecular complexity index is 794. The maximum absolute atomic E-state index is 13.1. The molecule has 6 nitrogen and oxygen atoms in total. The van der Waals surface area contributed by atoms with Crippen molar-refractivity contribution in [3.63, 3.8) is 0 Å². The molecular formula is C20H30FIN6. The van der Waals surface area contributed by atoms with Crippen LogP contribution in [0.5, 0.6) is 0 Å². The molecule has 2 N–H and O–H groups in total. The molecule has 1 aromatic heterocycles. The Morgan fingerprint density at radius 2 is 1.79 bits per heavy atom. The third-order valence-electron chi connectivity index (χ3n) is 5.31. The van der Waals surface area contributed by atoms with Gasteiger partial charge in [0, 0.05) is 51.2 Å². The van der Waals surface area contributed by atoms with E-state index in [9.17, 15) is 4.39 Å². The van der Waals surface area contributed by atoms with Gasteiger partial charge < -0.3 is 15.5 Å². The highest BCUT2D eigenvalue weighted by Crippen LogP contribution is 2.17. The van der Waals surface area contributed by atoms with E-state index < -0.39 is 0 Å². The van der Waals surface area contributed by atoms with Crippen molar-refractivity contribution in [2.75, 3.05) is 37.6 Å². The van der Waals surface area contributed by atoms with E-state index in [1.807, 2.05) is 23.9 Å². The molecule has 8 heteroatoms. The maximum Gasteiger partial charge on any atom is 0.191 e. The third-order valence-corrected chi connectivity index (χ3v) is 5.31. The Labute approximate surface area is 183 Å². The molecule has 0 spiro atoms. The highest BCUT2D eigenvalue weighted by atomic mass is 127. The summed E-state index contributed by atoms with van der Waals surface area (Å²) in [4.78, 5) is 8.94. The lowest BCUT2D eigenvalue weighted by atomic mass is 10.1. The van der Waals surface area contributed by atoms with Gasteiger partial charge in [0.25, 0.3) is 0 Å². The molecule has 1 aliphatic rings. The molecule has 0 amide bonds. The van der Waals surface area contributed by atoms with Crippen LogP contribution in [0.4, 0.5) is 10.1 Å². The Morgan fingerprint density at radius 3 is 2.36 bits per heavy atom. The number of piperazine rings is 1. The van der Waals surface area contributed by atoms with Crippen molar-refractivity contribution in [3.05, 3.63) is 47.0 Å². The first-order valence-corrected chi connectivity index (χ1v) is 9.50. The lowest BCUT2D eigenvalue weighted by molar-refractivity contribution is 0.380. The van der Waals surface area contributed by atoms with Gasteiger partial charge in [-0.05, 0) is 56.5 Å². The zero-order valence-electron chi connectivity index (χ0n) is 16.9. The molecule has 1 fully saturated rings. The lowest BCUT2D eigenvalue weighted by Crippen LogP contribution is -2.51. The number of hydrogen-bond acceptors (Lipinski definition) is 3. The fraction of sp³-hybridized carbons (Fsp3) is 0.500. The van der Waals surface area contributed by atoms with Crippen LogP contribution in [0, 0.1) is 19.7 Å². The summed E-state index contributed by atoms with van der Waals surface area (Å²) >= 11 is 0. The smallest absolute Gasteiger partial charge is 0.191 e. The van der Waals surface area contributed by atoms with Gasteiger partial charge in [0.1, 0.15) is 5.82 Å². The van der Waals surface area contributed by atoms with E-state index in [0.717, 1.165) is 56.9 Å². The molecule has 2 heterocycles. The van der Waals surface area contributed by atoms with Crippen LogP contribution in [0.25, 0.3) is 0 Å². The highest BCUT2D eigenvalue weighted by Gasteiger charge is 2.18. The minimum atomic E-state index is -0.203. The first kappa shape index (κ1) is 22.4. The van der Waals surface area contributed by atoms with Crippen molar-refractivity contribution in [1.82, 2.24) is 14.7 Å². The van der Waals surface area contributed by atoms with Crippen molar-refractivity contribution >= 4 is 35.6 Å². The van der Waals surface area contributed by atoms with Crippen molar-refractivity contribution in [1.29, 1.82) is 0 Å². The van der Waals surface area contributed by atoms with Crippen molar-refractivity contribution in [2.24, 2.45) is 17.8 Å². The minimum Gasteiger partial charge on any atom is -0.370 e. The number of aryl methyl sites for hydroxylation is 2. The van der Waals surface area contributed by atoms with Crippen LogP contribution in [0.1, 0.15) is 23.4 Å². The summed E-state index contributed by atoms with van der Waals surface area (Å²) in [5.74, 6) is 0.416. The Kier molecular flexibility index (Phi) is 8.09. The van der Waals surface area contributed by atoms with Crippen LogP contribution < -0.4 is 10.6 Å². The predicted octanol–water partition coefficient (Wildman–Crippen LogP) is 2.86. The largest absolute Gasteiger partial charge is 0.370 e. The summed E-state index contributed by atoms with van der Waals surface area (Å²) in [6.45, 7) is 8.25. The lowest BCUT2D eigenvalue weighted by Gasteiger charge is -2.36. The number of guanidine groups is 1. The number of benzene rings is 1. The minimum absolute atomic E-state index is 0. The molecule has 28 heavy (non-hydrogen) atoms. The van der Waals surface area contributed by atoms with Gasteiger partial charge in [-0.25, -0.2) is 4.39 Å². The van der Waals surface area contributed by atoms with Crippen LogP contribution in [0.3, 0.4) is 0 Å². The molecule has 1 aliphatic heterocycles. The van der Waals surface area contributed by atoms with E-state index in [0.29, 0.717) is 5.96 Å². The number of aromatic nitrogens is 2. The molecular weight excluding hydrogens is 470 g/mol. The highest BCUT2D eigenvalue weighted by molar-refractivity contribution is 14.0. The zero-order chi connectivity index (χ0) is 19.4. The summed E-state index contributed by atoms with van der Waals surface area (Å²) in [6, 6.07) is 6.65. The second kappa shape index (κ2) is 10.1. The average Bonchev–Trinajstić information content (AvgIpc) is 2.91. The zero-order valence-corrected chi connectivity index (χ0v) is 19.2. The molecule has 1 aromatic carbocycles. The molecule has 0 saturated carbocycles. The Hall–Kier alpha value is -1.84. The topological polar surface area (TPSA) is 62.7 Å². The maximum atomic E-state index is 13.1. The molecule has 3 rings (SSSR count). The summed E-state index contributed by atoms with van der Waals surface area (Å²) in [6.07, 6.45) is 1.93. The van der Waals surface area contributed by atoms with Gasteiger partial charge in [-0.2, -0.15) is 5.10 Å². The number of anilines is 1. The van der Waals surface area contributed by atoms with E-state index in [1.54, 1.807) is 0 Å². The number of hydrogen-bond donors (Lipinski definition) is 1. The normalized spacial score (nSPS) is 14.9. The van der Waals surface area contributed by atoms with Crippen molar-refractivity contribution < 1.29 is 4.39 Å². The molecule has 154 valence electrons. The SMILES string of the molecule is Cc1nn(C)c(C)c1CCCN=C(N)N1CCN(c2ccc(F)cc2)CC1.I. The quantitative estimate of drug-likeness (QED) is 0.297. The van der Waals surface area contributed by atoms with Crippen LogP contribution in [0.15, 0.2) is 29.3 Å². The van der Waals surface area contributed by atoms with Crippen LogP contribution >= 0.6 is 24.0 Å². The fourth-order valence-corrected chi connectivity index (χ4v) is 3.57. The number of halogens is 2. The second-order valence-corrected chi connectivity index (χ2v) is 7.07. The third kappa shape index (κ3) is 5.36. The molecule has 0 aliphatic carbocycles. The first-order chi connectivity index (χ1) is 13.0. The van der Waals surface area contributed by atoms with Gasteiger partial charge in [-0.1, -0.05) is 0 Å². The van der Waals surface area contributed by atoms with E-state index >= 15 is 0 Å². The van der Waals surface area contributed by atoms with Gasteiger partial charge in [0.2, 0.25) is 0 Å². The average molecular weight is 500 g/mol. The summed E-state index contributed by atoms with van der Waals surface area (Å²) in [5, 5.41) is 4.46. The van der Waals surface area contributed by atoms with Gasteiger partial charge in [-0.15, -0.1) is 24.0 Å². The Balaban J connectivity index is 0.00000280. The van der Waals surface area contributed by atoms with Crippen LogP contribution in [0.2, 0.25) is 0 Å². The summed E-state index contributed by atoms with van der Waals surface area (Å²) in [5.41, 5.74) is 10.9. The van der Waals surface area contributed by atoms with Crippen molar-refractivity contribution in [3.8, 4) is 0 Å². The number of aliphatic imine (C=N–C) groups is 1. The van der Waals surface area contributed by atoms with Gasteiger partial charge in [-0.3, -0.25) is 9.67 Å². The van der Waals surface area contributed by atoms with Crippen LogP contribution in [-0.2, 0) is 13.5 Å². The number of nitrogens with zero attached hydrogens (tertiary/aromatic N) is 5. The van der Waals surface area contributed by atoms with E-state index in [4.69, 9.17) is 5.73 Å². The number of rotatable bonds is 5. The van der Waals surface area contributed by atoms with Gasteiger partial charge in [0.15, 0.2) is 5.96 Å². The fourth-order valence-electron chi connectivity index (χ4n) is 3.57. The summed E-state index contributed by atoms with van der Waals surface area (Å²) < 4.78 is 15.0. The first-order valence-electron chi connectivity index (χ1n) is 9.50. The van der Waals surface area contributed by atoms with Gasteiger partial charge in [0.05, 0.1) is 5.69 Å². The molecule has 0 radical (unpaired) electrons. The van der Waals surface area contributed by atoms with Gasteiger partial charge >= 0.3 is 0 Å².